The predicted molar refractivity (Wildman–Crippen MR) is 81.4 cm³/mol. The zero-order chi connectivity index (χ0) is 14.2. The molecule has 0 aliphatic heterocycles. The normalized spacial score (nSPS) is 12.5. The number of hydrogen-bond acceptors (Lipinski definition) is 3. The average Bonchev–Trinajstić information content (AvgIpc) is 2.88. The molecule has 0 unspecified atom stereocenters. The fraction of sp³-hybridized carbons (Fsp3) is 0.400. The quantitative estimate of drug-likeness (QED) is 0.693. The zero-order valence-corrected chi connectivity index (χ0v) is 13.1. The van der Waals surface area contributed by atoms with Crippen LogP contribution in [-0.4, -0.2) is 29.1 Å². The number of nitrogens with zero attached hydrogens (tertiary/aromatic N) is 2. The number of halogens is 1. The van der Waals surface area contributed by atoms with E-state index in [2.05, 4.69) is 33.2 Å². The van der Waals surface area contributed by atoms with Crippen molar-refractivity contribution in [1.29, 1.82) is 0 Å². The van der Waals surface area contributed by atoms with E-state index in [0.717, 1.165) is 11.0 Å². The van der Waals surface area contributed by atoms with Crippen molar-refractivity contribution in [1.82, 2.24) is 9.78 Å². The summed E-state index contributed by atoms with van der Waals surface area (Å²) >= 11 is 3.36. The molecule has 0 radical (unpaired) electrons. The van der Waals surface area contributed by atoms with Gasteiger partial charge in [0.05, 0.1) is 43.1 Å². The summed E-state index contributed by atoms with van der Waals surface area (Å²) in [6.07, 6.45) is 3.78. The highest BCUT2D eigenvalue weighted by molar-refractivity contribution is 9.10. The van der Waals surface area contributed by atoms with Crippen LogP contribution in [0.1, 0.15) is 12.5 Å². The van der Waals surface area contributed by atoms with Gasteiger partial charge in [0.15, 0.2) is 0 Å². The standard InChI is InChI=1S/C15H19BrN2O2/c1-13(20-12-14-5-3-2-4-6-14)11-19-8-7-18-10-15(16)9-17-18/h2-6,9-10,13H,7-8,11-12H2,1H3/t13-/m1/s1. The number of aromatic nitrogens is 2. The maximum atomic E-state index is 5.73. The van der Waals surface area contributed by atoms with Crippen LogP contribution in [0.4, 0.5) is 0 Å². The van der Waals surface area contributed by atoms with Gasteiger partial charge in [-0.15, -0.1) is 0 Å². The van der Waals surface area contributed by atoms with Crippen molar-refractivity contribution in [2.24, 2.45) is 0 Å². The largest absolute Gasteiger partial charge is 0.377 e. The van der Waals surface area contributed by atoms with Crippen molar-refractivity contribution >= 4 is 15.9 Å². The molecule has 2 rings (SSSR count). The third-order valence-corrected chi connectivity index (χ3v) is 3.21. The first kappa shape index (κ1) is 15.2. The first-order chi connectivity index (χ1) is 9.74. The second-order valence-corrected chi connectivity index (χ2v) is 5.52. The molecule has 0 amide bonds. The van der Waals surface area contributed by atoms with Gasteiger partial charge in [-0.3, -0.25) is 4.68 Å². The summed E-state index contributed by atoms with van der Waals surface area (Å²) in [6, 6.07) is 10.2. The Hall–Kier alpha value is -1.17. The lowest BCUT2D eigenvalue weighted by molar-refractivity contribution is -0.0167. The van der Waals surface area contributed by atoms with Crippen molar-refractivity contribution in [3.63, 3.8) is 0 Å². The molecule has 108 valence electrons. The predicted octanol–water partition coefficient (Wildman–Crippen LogP) is 3.27. The first-order valence-corrected chi connectivity index (χ1v) is 7.44. The van der Waals surface area contributed by atoms with Crippen LogP contribution in [0.2, 0.25) is 0 Å². The summed E-state index contributed by atoms with van der Waals surface area (Å²) in [5.74, 6) is 0. The van der Waals surface area contributed by atoms with Crippen molar-refractivity contribution in [2.45, 2.75) is 26.2 Å². The maximum absolute atomic E-state index is 5.73. The Labute approximate surface area is 127 Å². The highest BCUT2D eigenvalue weighted by Crippen LogP contribution is 2.06. The highest BCUT2D eigenvalue weighted by atomic mass is 79.9. The molecular formula is C15H19BrN2O2. The van der Waals surface area contributed by atoms with E-state index in [-0.39, 0.29) is 6.10 Å². The first-order valence-electron chi connectivity index (χ1n) is 6.65. The smallest absolute Gasteiger partial charge is 0.0785 e. The Balaban J connectivity index is 1.57. The molecule has 1 aromatic carbocycles. The number of ether oxygens (including phenoxy) is 2. The third kappa shape index (κ3) is 5.45. The molecule has 0 aliphatic carbocycles. The molecule has 5 heteroatoms. The van der Waals surface area contributed by atoms with Crippen molar-refractivity contribution in [2.75, 3.05) is 13.2 Å². The average molecular weight is 339 g/mol. The Morgan fingerprint density at radius 1 is 1.30 bits per heavy atom. The molecule has 2 aromatic rings. The summed E-state index contributed by atoms with van der Waals surface area (Å²) in [5.41, 5.74) is 1.18. The molecule has 0 aliphatic rings. The SMILES string of the molecule is C[C@H](COCCn1cc(Br)cn1)OCc1ccccc1. The Morgan fingerprint density at radius 3 is 2.80 bits per heavy atom. The van der Waals surface area contributed by atoms with Crippen LogP contribution in [0.15, 0.2) is 47.2 Å². The van der Waals surface area contributed by atoms with E-state index in [0.29, 0.717) is 19.8 Å². The lowest BCUT2D eigenvalue weighted by Gasteiger charge is -2.13. The van der Waals surface area contributed by atoms with Crippen LogP contribution in [-0.2, 0) is 22.6 Å². The van der Waals surface area contributed by atoms with Crippen LogP contribution < -0.4 is 0 Å². The molecule has 0 bridgehead atoms. The van der Waals surface area contributed by atoms with Gasteiger partial charge in [0.25, 0.3) is 0 Å². The highest BCUT2D eigenvalue weighted by Gasteiger charge is 2.03. The molecule has 1 aromatic heterocycles. The van der Waals surface area contributed by atoms with E-state index in [4.69, 9.17) is 9.47 Å². The molecule has 0 spiro atoms. The molecule has 20 heavy (non-hydrogen) atoms. The minimum atomic E-state index is 0.0829. The van der Waals surface area contributed by atoms with Crippen molar-refractivity contribution in [3.05, 3.63) is 52.8 Å². The van der Waals surface area contributed by atoms with Crippen molar-refractivity contribution < 1.29 is 9.47 Å². The Kier molecular flexibility index (Phi) is 6.24. The molecule has 0 saturated heterocycles. The van der Waals surface area contributed by atoms with Gasteiger partial charge in [0, 0.05) is 6.20 Å². The summed E-state index contributed by atoms with van der Waals surface area (Å²) in [7, 11) is 0. The summed E-state index contributed by atoms with van der Waals surface area (Å²) in [6.45, 7) is 4.62. The molecule has 0 fully saturated rings. The number of hydrogen-bond donors (Lipinski definition) is 0. The lowest BCUT2D eigenvalue weighted by Crippen LogP contribution is -2.18. The van der Waals surface area contributed by atoms with Gasteiger partial charge in [-0.1, -0.05) is 30.3 Å². The molecule has 1 atom stereocenters. The van der Waals surface area contributed by atoms with Crippen LogP contribution in [0.3, 0.4) is 0 Å². The van der Waals surface area contributed by atoms with E-state index >= 15 is 0 Å². The topological polar surface area (TPSA) is 36.3 Å². The molecule has 1 heterocycles. The van der Waals surface area contributed by atoms with Crippen LogP contribution in [0.5, 0.6) is 0 Å². The Bertz CT molecular complexity index is 502. The van der Waals surface area contributed by atoms with Crippen LogP contribution in [0.25, 0.3) is 0 Å². The van der Waals surface area contributed by atoms with Gasteiger partial charge < -0.3 is 9.47 Å². The Morgan fingerprint density at radius 2 is 2.10 bits per heavy atom. The third-order valence-electron chi connectivity index (χ3n) is 2.80. The minimum Gasteiger partial charge on any atom is -0.377 e. The summed E-state index contributed by atoms with van der Waals surface area (Å²) in [5, 5.41) is 4.17. The monoisotopic (exact) mass is 338 g/mol. The van der Waals surface area contributed by atoms with Crippen LogP contribution in [0, 0.1) is 0 Å². The second kappa shape index (κ2) is 8.19. The van der Waals surface area contributed by atoms with Crippen LogP contribution >= 0.6 is 15.9 Å². The van der Waals surface area contributed by atoms with E-state index in [1.807, 2.05) is 36.0 Å². The lowest BCUT2D eigenvalue weighted by atomic mass is 10.2. The summed E-state index contributed by atoms with van der Waals surface area (Å²) < 4.78 is 14.2. The molecule has 0 saturated carbocycles. The van der Waals surface area contributed by atoms with Gasteiger partial charge >= 0.3 is 0 Å². The van der Waals surface area contributed by atoms with Gasteiger partial charge in [0.1, 0.15) is 0 Å². The molecule has 4 nitrogen and oxygen atoms in total. The van der Waals surface area contributed by atoms with Gasteiger partial charge in [-0.25, -0.2) is 0 Å². The van der Waals surface area contributed by atoms with Gasteiger partial charge in [0.2, 0.25) is 0 Å². The van der Waals surface area contributed by atoms with E-state index in [1.165, 1.54) is 5.56 Å². The van der Waals surface area contributed by atoms with E-state index in [1.54, 1.807) is 6.20 Å². The van der Waals surface area contributed by atoms with E-state index < -0.39 is 0 Å². The number of benzene rings is 1. The maximum Gasteiger partial charge on any atom is 0.0785 e. The minimum absolute atomic E-state index is 0.0829. The molecular weight excluding hydrogens is 320 g/mol. The van der Waals surface area contributed by atoms with E-state index in [9.17, 15) is 0 Å². The number of rotatable bonds is 8. The van der Waals surface area contributed by atoms with Gasteiger partial charge in [-0.05, 0) is 28.4 Å². The fourth-order valence-electron chi connectivity index (χ4n) is 1.73. The summed E-state index contributed by atoms with van der Waals surface area (Å²) in [4.78, 5) is 0. The molecule has 0 N–H and O–H groups in total. The van der Waals surface area contributed by atoms with Crippen molar-refractivity contribution in [3.8, 4) is 0 Å². The zero-order valence-electron chi connectivity index (χ0n) is 11.5. The second-order valence-electron chi connectivity index (χ2n) is 4.60. The van der Waals surface area contributed by atoms with Gasteiger partial charge in [-0.2, -0.15) is 5.10 Å². The fourth-order valence-corrected chi connectivity index (χ4v) is 2.06.